The van der Waals surface area contributed by atoms with Crippen LogP contribution in [0.1, 0.15) is 60.8 Å². The highest BCUT2D eigenvalue weighted by Gasteiger charge is 2.21. The van der Waals surface area contributed by atoms with Crippen molar-refractivity contribution >= 4 is 39.9 Å². The smallest absolute Gasteiger partial charge is 0.285 e. The number of rotatable bonds is 6. The van der Waals surface area contributed by atoms with Crippen molar-refractivity contribution in [2.45, 2.75) is 44.1 Å². The molecule has 4 nitrogen and oxygen atoms in total. The van der Waals surface area contributed by atoms with Crippen molar-refractivity contribution in [3.63, 3.8) is 0 Å². The van der Waals surface area contributed by atoms with Crippen molar-refractivity contribution in [3.8, 4) is 5.75 Å². The van der Waals surface area contributed by atoms with E-state index in [1.807, 2.05) is 48.7 Å². The van der Waals surface area contributed by atoms with Crippen LogP contribution in [-0.2, 0) is 4.79 Å². The molecule has 2 aromatic carbocycles. The van der Waals surface area contributed by atoms with Gasteiger partial charge in [-0.05, 0) is 59.9 Å². The van der Waals surface area contributed by atoms with Gasteiger partial charge in [0.2, 0.25) is 0 Å². The van der Waals surface area contributed by atoms with Gasteiger partial charge in [0, 0.05) is 0 Å². The molecule has 31 heavy (non-hydrogen) atoms. The number of carbonyl (C=O) groups excluding carboxylic acids is 1. The first-order valence-electron chi connectivity index (χ1n) is 10.7. The summed E-state index contributed by atoms with van der Waals surface area (Å²) in [6.45, 7) is 0.197. The van der Waals surface area contributed by atoms with Crippen LogP contribution in [0.4, 0.5) is 0 Å². The minimum absolute atomic E-state index is 0.188. The summed E-state index contributed by atoms with van der Waals surface area (Å²) >= 11 is 2.88. The lowest BCUT2D eigenvalue weighted by Crippen LogP contribution is -2.10. The molecule has 1 aliphatic heterocycles. The quantitative estimate of drug-likeness (QED) is 0.529. The Morgan fingerprint density at radius 3 is 2.48 bits per heavy atom. The average Bonchev–Trinajstić information content (AvgIpc) is 3.18. The van der Waals surface area contributed by atoms with Gasteiger partial charge in [0.25, 0.3) is 5.91 Å². The van der Waals surface area contributed by atoms with Gasteiger partial charge in [-0.25, -0.2) is 0 Å². The largest absolute Gasteiger partial charge is 0.491 e. The van der Waals surface area contributed by atoms with Crippen LogP contribution in [0.2, 0.25) is 0 Å². The Bertz CT molecular complexity index is 961. The summed E-state index contributed by atoms with van der Waals surface area (Å²) in [6, 6.07) is 15.9. The number of benzene rings is 2. The maximum absolute atomic E-state index is 11.9. The summed E-state index contributed by atoms with van der Waals surface area (Å²) in [6.07, 6.45) is 9.62. The predicted molar refractivity (Wildman–Crippen MR) is 131 cm³/mol. The molecule has 1 aliphatic carbocycles. The first-order valence-corrected chi connectivity index (χ1v) is 12.7. The molecule has 1 atom stereocenters. The third-order valence-electron chi connectivity index (χ3n) is 5.76. The van der Waals surface area contributed by atoms with E-state index in [-0.39, 0.29) is 12.5 Å². The molecule has 0 spiro atoms. The average molecular weight is 454 g/mol. The Morgan fingerprint density at radius 2 is 1.84 bits per heavy atom. The molecule has 0 saturated heterocycles. The molecule has 1 fully saturated rings. The topological polar surface area (TPSA) is 58.9 Å². The molecule has 1 unspecified atom stereocenters. The number of hydrogen-bond acceptors (Lipinski definition) is 5. The second-order valence-electron chi connectivity index (χ2n) is 7.90. The van der Waals surface area contributed by atoms with Crippen LogP contribution in [0.25, 0.3) is 6.08 Å². The fraction of sp³-hybridized carbons (Fsp3) is 0.360. The Morgan fingerprint density at radius 1 is 1.13 bits per heavy atom. The Labute approximate surface area is 192 Å². The second kappa shape index (κ2) is 10.5. The zero-order valence-corrected chi connectivity index (χ0v) is 19.3. The summed E-state index contributed by atoms with van der Waals surface area (Å²) in [7, 11) is 0. The fourth-order valence-corrected chi connectivity index (χ4v) is 5.41. The van der Waals surface area contributed by atoms with E-state index in [4.69, 9.17) is 4.74 Å². The van der Waals surface area contributed by atoms with Gasteiger partial charge in [0.1, 0.15) is 22.8 Å². The number of amides is 1. The summed E-state index contributed by atoms with van der Waals surface area (Å²) in [5, 5.41) is 10.5. The number of carbonyl (C=O) groups is 1. The van der Waals surface area contributed by atoms with Gasteiger partial charge < -0.3 is 9.84 Å². The minimum atomic E-state index is -0.670. The Hall–Kier alpha value is -2.02. The standard InChI is InChI=1S/C25H27NO3S2/c1-30-25-26-24(28)23(31-25)15-17-7-13-21(14-8-17)29-16-22(27)20-11-9-19(10-12-20)18-5-3-2-4-6-18/h7-15,18,22,27H,2-6,16H2,1H3/b23-15-. The SMILES string of the molecule is CSC1=NC(=O)/C(=C/c2ccc(OCC(O)c3ccc(C4CCCCC4)cc3)cc2)S1. The summed E-state index contributed by atoms with van der Waals surface area (Å²) in [4.78, 5) is 16.5. The van der Waals surface area contributed by atoms with Crippen molar-refractivity contribution in [2.75, 3.05) is 12.9 Å². The van der Waals surface area contributed by atoms with E-state index in [2.05, 4.69) is 17.1 Å². The molecule has 2 aromatic rings. The van der Waals surface area contributed by atoms with Crippen molar-refractivity contribution in [2.24, 2.45) is 4.99 Å². The van der Waals surface area contributed by atoms with Crippen molar-refractivity contribution in [3.05, 3.63) is 70.1 Å². The lowest BCUT2D eigenvalue weighted by atomic mass is 9.84. The van der Waals surface area contributed by atoms with Gasteiger partial charge in [-0.15, -0.1) is 11.8 Å². The van der Waals surface area contributed by atoms with Crippen molar-refractivity contribution < 1.29 is 14.6 Å². The van der Waals surface area contributed by atoms with Gasteiger partial charge in [0.05, 0.1) is 4.91 Å². The molecular formula is C25H27NO3S2. The van der Waals surface area contributed by atoms with E-state index in [0.29, 0.717) is 16.6 Å². The first kappa shape index (κ1) is 22.2. The van der Waals surface area contributed by atoms with E-state index in [1.54, 1.807) is 0 Å². The molecule has 0 radical (unpaired) electrons. The third-order valence-corrected chi connectivity index (χ3v) is 7.73. The minimum Gasteiger partial charge on any atom is -0.491 e. The third kappa shape index (κ3) is 5.82. The molecule has 6 heteroatoms. The normalized spacial score (nSPS) is 19.5. The predicted octanol–water partition coefficient (Wildman–Crippen LogP) is 6.18. The number of aliphatic hydroxyl groups is 1. The molecule has 1 amide bonds. The molecule has 0 bridgehead atoms. The van der Waals surface area contributed by atoms with E-state index in [0.717, 1.165) is 15.5 Å². The van der Waals surface area contributed by atoms with Crippen LogP contribution in [0.5, 0.6) is 5.75 Å². The maximum atomic E-state index is 11.9. The van der Waals surface area contributed by atoms with Crippen LogP contribution < -0.4 is 4.74 Å². The maximum Gasteiger partial charge on any atom is 0.285 e. The summed E-state index contributed by atoms with van der Waals surface area (Å²) in [5.74, 6) is 1.17. The van der Waals surface area contributed by atoms with Gasteiger partial charge in [-0.1, -0.05) is 67.4 Å². The van der Waals surface area contributed by atoms with Crippen LogP contribution >= 0.6 is 23.5 Å². The molecule has 1 N–H and O–H groups in total. The number of aliphatic imine (C=N–C) groups is 1. The van der Waals surface area contributed by atoms with Gasteiger partial charge >= 0.3 is 0 Å². The van der Waals surface area contributed by atoms with Gasteiger partial charge in [-0.3, -0.25) is 4.79 Å². The van der Waals surface area contributed by atoms with Crippen LogP contribution in [-0.4, -0.2) is 28.3 Å². The van der Waals surface area contributed by atoms with E-state index >= 15 is 0 Å². The van der Waals surface area contributed by atoms with E-state index < -0.39 is 6.10 Å². The highest BCUT2D eigenvalue weighted by molar-refractivity contribution is 8.40. The number of hydrogen-bond donors (Lipinski definition) is 1. The molecule has 162 valence electrons. The van der Waals surface area contributed by atoms with E-state index in [9.17, 15) is 9.90 Å². The van der Waals surface area contributed by atoms with Crippen LogP contribution in [0.3, 0.4) is 0 Å². The van der Waals surface area contributed by atoms with E-state index in [1.165, 1.54) is 61.2 Å². The summed E-state index contributed by atoms with van der Waals surface area (Å²) < 4.78 is 6.56. The number of aliphatic hydroxyl groups excluding tert-OH is 1. The molecular weight excluding hydrogens is 426 g/mol. The number of nitrogens with zero attached hydrogens (tertiary/aromatic N) is 1. The Kier molecular flexibility index (Phi) is 7.54. The highest BCUT2D eigenvalue weighted by Crippen LogP contribution is 2.34. The highest BCUT2D eigenvalue weighted by atomic mass is 32.2. The molecule has 4 rings (SSSR count). The zero-order valence-electron chi connectivity index (χ0n) is 17.6. The van der Waals surface area contributed by atoms with Crippen LogP contribution in [0, 0.1) is 0 Å². The van der Waals surface area contributed by atoms with Crippen molar-refractivity contribution in [1.29, 1.82) is 0 Å². The monoisotopic (exact) mass is 453 g/mol. The zero-order chi connectivity index (χ0) is 21.6. The van der Waals surface area contributed by atoms with Gasteiger partial charge in [0.15, 0.2) is 0 Å². The lowest BCUT2D eigenvalue weighted by molar-refractivity contribution is -0.113. The summed E-state index contributed by atoms with van der Waals surface area (Å²) in [5.41, 5.74) is 3.18. The lowest BCUT2D eigenvalue weighted by Gasteiger charge is -2.22. The Balaban J connectivity index is 1.30. The first-order chi connectivity index (χ1) is 15.1. The molecule has 1 heterocycles. The number of ether oxygens (including phenoxy) is 1. The van der Waals surface area contributed by atoms with Gasteiger partial charge in [-0.2, -0.15) is 4.99 Å². The fourth-order valence-electron chi connectivity index (χ4n) is 3.99. The molecule has 1 saturated carbocycles. The second-order valence-corrected chi connectivity index (χ2v) is 9.98. The molecule has 0 aromatic heterocycles. The molecule has 2 aliphatic rings. The van der Waals surface area contributed by atoms with Crippen molar-refractivity contribution in [1.82, 2.24) is 0 Å². The van der Waals surface area contributed by atoms with Crippen LogP contribution in [0.15, 0.2) is 58.4 Å². The number of thioether (sulfide) groups is 2.